The molecule has 0 bridgehead atoms. The number of hydrogen-bond donors (Lipinski definition) is 0. The van der Waals surface area contributed by atoms with Crippen molar-refractivity contribution in [2.75, 3.05) is 33.4 Å². The molecule has 2 fully saturated rings. The number of esters is 1. The van der Waals surface area contributed by atoms with Crippen LogP contribution in [0, 0.1) is 5.41 Å². The molecule has 0 aliphatic carbocycles. The van der Waals surface area contributed by atoms with Crippen LogP contribution in [-0.2, 0) is 28.6 Å². The first-order valence-electron chi connectivity index (χ1n) is 8.15. The molecule has 3 unspecified atom stereocenters. The lowest BCUT2D eigenvalue weighted by Crippen LogP contribution is -2.55. The number of rotatable bonds is 4. The lowest BCUT2D eigenvalue weighted by molar-refractivity contribution is -0.176. The maximum absolute atomic E-state index is 12.6. The zero-order valence-electron chi connectivity index (χ0n) is 14.5. The van der Waals surface area contributed by atoms with Crippen molar-refractivity contribution in [3.63, 3.8) is 0 Å². The van der Waals surface area contributed by atoms with E-state index in [-0.39, 0.29) is 30.1 Å². The van der Waals surface area contributed by atoms with Crippen LogP contribution in [0.2, 0.25) is 0 Å². The fourth-order valence-electron chi connectivity index (χ4n) is 3.15. The van der Waals surface area contributed by atoms with Crippen LogP contribution in [0.3, 0.4) is 0 Å². The van der Waals surface area contributed by atoms with Gasteiger partial charge in [-0.2, -0.15) is 0 Å². The molecule has 0 aromatic heterocycles. The lowest BCUT2D eigenvalue weighted by Gasteiger charge is -2.41. The molecule has 0 radical (unpaired) electrons. The van der Waals surface area contributed by atoms with Crippen LogP contribution in [0.5, 0.6) is 0 Å². The number of nitrogens with zero attached hydrogens (tertiary/aromatic N) is 1. The van der Waals surface area contributed by atoms with Gasteiger partial charge in [0.15, 0.2) is 11.2 Å². The second-order valence-corrected chi connectivity index (χ2v) is 6.35. The number of Topliss-reactive ketones (excluding diaryl/α,β-unsaturated/α-hetero) is 1. The van der Waals surface area contributed by atoms with Gasteiger partial charge in [-0.1, -0.05) is 6.58 Å². The number of carbonyl (C=O) groups is 3. The van der Waals surface area contributed by atoms with Crippen LogP contribution in [-0.4, -0.2) is 68.2 Å². The molecule has 2 saturated heterocycles. The molecule has 7 nitrogen and oxygen atoms in total. The summed E-state index contributed by atoms with van der Waals surface area (Å²) in [6, 6.07) is 0. The minimum atomic E-state index is -1.47. The molecule has 2 aliphatic heterocycles. The molecular formula is C17H25NO6. The summed E-state index contributed by atoms with van der Waals surface area (Å²) in [5.41, 5.74) is -1.22. The Morgan fingerprint density at radius 2 is 2.00 bits per heavy atom. The highest BCUT2D eigenvalue weighted by molar-refractivity contribution is 6.13. The Morgan fingerprint density at radius 1 is 1.38 bits per heavy atom. The molecule has 134 valence electrons. The SMILES string of the molecule is C=C1C(=O)C(C)(C(=O)OC)C(CCC(=O)N2CCOCC2)OC1C. The molecule has 2 heterocycles. The molecule has 1 amide bonds. The molecular weight excluding hydrogens is 314 g/mol. The van der Waals surface area contributed by atoms with Gasteiger partial charge in [-0.3, -0.25) is 14.4 Å². The third kappa shape index (κ3) is 3.37. The molecule has 24 heavy (non-hydrogen) atoms. The van der Waals surface area contributed by atoms with Crippen LogP contribution in [0.15, 0.2) is 12.2 Å². The van der Waals surface area contributed by atoms with E-state index in [0.29, 0.717) is 26.3 Å². The van der Waals surface area contributed by atoms with Crippen LogP contribution in [0.25, 0.3) is 0 Å². The summed E-state index contributed by atoms with van der Waals surface area (Å²) in [4.78, 5) is 38.9. The minimum Gasteiger partial charge on any atom is -0.468 e. The van der Waals surface area contributed by atoms with Gasteiger partial charge in [0.1, 0.15) is 0 Å². The van der Waals surface area contributed by atoms with Crippen molar-refractivity contribution in [2.24, 2.45) is 5.41 Å². The van der Waals surface area contributed by atoms with Crippen molar-refractivity contribution in [3.8, 4) is 0 Å². The normalized spacial score (nSPS) is 31.0. The standard InChI is InChI=1S/C17H25NO6/c1-11-12(2)24-13(17(3,15(11)20)16(21)22-4)5-6-14(19)18-7-9-23-10-8-18/h12-13H,1,5-10H2,2-4H3. The molecule has 0 saturated carbocycles. The third-order valence-corrected chi connectivity index (χ3v) is 4.86. The van der Waals surface area contributed by atoms with Crippen molar-refractivity contribution in [1.82, 2.24) is 4.90 Å². The zero-order valence-corrected chi connectivity index (χ0v) is 14.5. The van der Waals surface area contributed by atoms with E-state index in [1.807, 2.05) is 0 Å². The Hall–Kier alpha value is -1.73. The van der Waals surface area contributed by atoms with E-state index in [4.69, 9.17) is 14.2 Å². The predicted molar refractivity (Wildman–Crippen MR) is 85.2 cm³/mol. The average molecular weight is 339 g/mol. The van der Waals surface area contributed by atoms with E-state index in [1.165, 1.54) is 14.0 Å². The number of amides is 1. The Kier molecular flexibility index (Phi) is 5.77. The Morgan fingerprint density at radius 3 is 2.58 bits per heavy atom. The van der Waals surface area contributed by atoms with Gasteiger partial charge in [-0.15, -0.1) is 0 Å². The summed E-state index contributed by atoms with van der Waals surface area (Å²) in [7, 11) is 1.23. The summed E-state index contributed by atoms with van der Waals surface area (Å²) in [5.74, 6) is -1.07. The Labute approximate surface area is 141 Å². The number of hydrogen-bond acceptors (Lipinski definition) is 6. The molecule has 2 aliphatic rings. The minimum absolute atomic E-state index is 0.0291. The van der Waals surface area contributed by atoms with Crippen LogP contribution in [0.4, 0.5) is 0 Å². The van der Waals surface area contributed by atoms with E-state index in [1.54, 1.807) is 11.8 Å². The van der Waals surface area contributed by atoms with Crippen molar-refractivity contribution in [1.29, 1.82) is 0 Å². The molecule has 0 N–H and O–H groups in total. The molecule has 3 atom stereocenters. The first-order chi connectivity index (χ1) is 11.3. The monoisotopic (exact) mass is 339 g/mol. The van der Waals surface area contributed by atoms with Gasteiger partial charge in [0.25, 0.3) is 0 Å². The summed E-state index contributed by atoms with van der Waals surface area (Å²) in [6.45, 7) is 9.12. The van der Waals surface area contributed by atoms with Crippen molar-refractivity contribution in [3.05, 3.63) is 12.2 Å². The van der Waals surface area contributed by atoms with Gasteiger partial charge >= 0.3 is 5.97 Å². The van der Waals surface area contributed by atoms with Gasteiger partial charge in [0, 0.05) is 25.1 Å². The van der Waals surface area contributed by atoms with E-state index in [9.17, 15) is 14.4 Å². The largest absolute Gasteiger partial charge is 0.468 e. The molecule has 2 rings (SSSR count). The number of morpholine rings is 1. The summed E-state index contributed by atoms with van der Waals surface area (Å²) in [6.07, 6.45) is -0.740. The molecule has 0 aromatic rings. The maximum atomic E-state index is 12.6. The number of ether oxygens (including phenoxy) is 3. The van der Waals surface area contributed by atoms with Gasteiger partial charge < -0.3 is 19.1 Å². The summed E-state index contributed by atoms with van der Waals surface area (Å²) >= 11 is 0. The highest BCUT2D eigenvalue weighted by Gasteiger charge is 2.54. The average Bonchev–Trinajstić information content (AvgIpc) is 2.61. The highest BCUT2D eigenvalue weighted by atomic mass is 16.5. The predicted octanol–water partition coefficient (Wildman–Crippen LogP) is 0.717. The van der Waals surface area contributed by atoms with E-state index >= 15 is 0 Å². The second kappa shape index (κ2) is 7.44. The number of carbonyl (C=O) groups excluding carboxylic acids is 3. The van der Waals surface area contributed by atoms with Gasteiger partial charge in [0.2, 0.25) is 5.91 Å². The highest BCUT2D eigenvalue weighted by Crippen LogP contribution is 2.39. The molecule has 7 heteroatoms. The van der Waals surface area contributed by atoms with E-state index in [2.05, 4.69) is 6.58 Å². The van der Waals surface area contributed by atoms with Crippen LogP contribution >= 0.6 is 0 Å². The van der Waals surface area contributed by atoms with E-state index < -0.39 is 23.6 Å². The first-order valence-corrected chi connectivity index (χ1v) is 8.15. The van der Waals surface area contributed by atoms with Crippen molar-refractivity contribution >= 4 is 17.7 Å². The van der Waals surface area contributed by atoms with Crippen LogP contribution in [0.1, 0.15) is 26.7 Å². The summed E-state index contributed by atoms with van der Waals surface area (Å²) < 4.78 is 15.9. The Balaban J connectivity index is 2.10. The fraction of sp³-hybridized carbons (Fsp3) is 0.706. The molecule has 0 aromatic carbocycles. The lowest BCUT2D eigenvalue weighted by atomic mass is 9.72. The van der Waals surface area contributed by atoms with Gasteiger partial charge in [0.05, 0.1) is 32.5 Å². The molecule has 0 spiro atoms. The van der Waals surface area contributed by atoms with Crippen molar-refractivity contribution < 1.29 is 28.6 Å². The third-order valence-electron chi connectivity index (χ3n) is 4.86. The van der Waals surface area contributed by atoms with Gasteiger partial charge in [-0.05, 0) is 20.3 Å². The maximum Gasteiger partial charge on any atom is 0.322 e. The summed E-state index contributed by atoms with van der Waals surface area (Å²) in [5, 5.41) is 0. The topological polar surface area (TPSA) is 82.1 Å². The van der Waals surface area contributed by atoms with Crippen molar-refractivity contribution in [2.45, 2.75) is 38.9 Å². The van der Waals surface area contributed by atoms with Crippen LogP contribution < -0.4 is 0 Å². The quantitative estimate of drug-likeness (QED) is 0.426. The van der Waals surface area contributed by atoms with Gasteiger partial charge in [-0.25, -0.2) is 0 Å². The fourth-order valence-corrected chi connectivity index (χ4v) is 3.15. The first kappa shape index (κ1) is 18.6. The smallest absolute Gasteiger partial charge is 0.322 e. The zero-order chi connectivity index (χ0) is 17.9. The second-order valence-electron chi connectivity index (χ2n) is 6.35. The number of ketones is 1. The van der Waals surface area contributed by atoms with E-state index in [0.717, 1.165) is 0 Å². The Bertz CT molecular complexity index is 539. The number of methoxy groups -OCH3 is 1.